The summed E-state index contributed by atoms with van der Waals surface area (Å²) in [6.07, 6.45) is 10.9. The maximum Gasteiger partial charge on any atom is 0.0597 e. The largest absolute Gasteiger partial charge is 0.397 e. The molecule has 0 aliphatic heterocycles. The number of rotatable bonds is 10. The zero-order valence-corrected chi connectivity index (χ0v) is 12.7. The van der Waals surface area contributed by atoms with Gasteiger partial charge in [0, 0.05) is 13.6 Å². The number of nitrogens with zero attached hydrogens (tertiary/aromatic N) is 1. The predicted octanol–water partition coefficient (Wildman–Crippen LogP) is 4.85. The Morgan fingerprint density at radius 1 is 0.895 bits per heavy atom. The monoisotopic (exact) mass is 262 g/mol. The molecule has 2 heteroatoms. The van der Waals surface area contributed by atoms with Crippen molar-refractivity contribution in [2.75, 3.05) is 24.2 Å². The van der Waals surface area contributed by atoms with E-state index in [1.807, 2.05) is 12.1 Å². The second-order valence-electron chi connectivity index (χ2n) is 5.46. The highest BCUT2D eigenvalue weighted by Gasteiger charge is 2.03. The second kappa shape index (κ2) is 9.71. The summed E-state index contributed by atoms with van der Waals surface area (Å²) in [4.78, 5) is 2.27. The number of unbranched alkanes of at least 4 members (excludes halogenated alkanes) is 7. The molecule has 2 N–H and O–H groups in total. The SMILES string of the molecule is CCCCCCCCCCN(C)c1ccccc1N. The quantitative estimate of drug-likeness (QED) is 0.482. The zero-order chi connectivity index (χ0) is 13.9. The Labute approximate surface area is 119 Å². The highest BCUT2D eigenvalue weighted by molar-refractivity contribution is 5.66. The van der Waals surface area contributed by atoms with Crippen LogP contribution in [-0.2, 0) is 0 Å². The lowest BCUT2D eigenvalue weighted by Crippen LogP contribution is -2.19. The van der Waals surface area contributed by atoms with Crippen molar-refractivity contribution in [1.29, 1.82) is 0 Å². The number of benzene rings is 1. The maximum atomic E-state index is 5.98. The summed E-state index contributed by atoms with van der Waals surface area (Å²) < 4.78 is 0. The molecule has 1 aromatic rings. The lowest BCUT2D eigenvalue weighted by Gasteiger charge is -2.20. The molecule has 0 unspecified atom stereocenters. The van der Waals surface area contributed by atoms with E-state index in [9.17, 15) is 0 Å². The van der Waals surface area contributed by atoms with E-state index in [-0.39, 0.29) is 0 Å². The second-order valence-corrected chi connectivity index (χ2v) is 5.46. The summed E-state index contributed by atoms with van der Waals surface area (Å²) in [7, 11) is 2.13. The Kier molecular flexibility index (Phi) is 8.11. The van der Waals surface area contributed by atoms with E-state index in [2.05, 4.69) is 31.0 Å². The van der Waals surface area contributed by atoms with Crippen molar-refractivity contribution in [2.24, 2.45) is 0 Å². The Morgan fingerprint density at radius 2 is 1.47 bits per heavy atom. The Bertz CT molecular complexity index is 336. The first-order valence-corrected chi connectivity index (χ1v) is 7.81. The summed E-state index contributed by atoms with van der Waals surface area (Å²) in [6.45, 7) is 3.37. The number of nitrogens with two attached hydrogens (primary N) is 1. The van der Waals surface area contributed by atoms with Crippen molar-refractivity contribution < 1.29 is 0 Å². The van der Waals surface area contributed by atoms with Gasteiger partial charge in [-0.05, 0) is 18.6 Å². The van der Waals surface area contributed by atoms with Gasteiger partial charge in [0.2, 0.25) is 0 Å². The smallest absolute Gasteiger partial charge is 0.0597 e. The van der Waals surface area contributed by atoms with Crippen LogP contribution in [0.5, 0.6) is 0 Å². The third-order valence-corrected chi connectivity index (χ3v) is 3.70. The van der Waals surface area contributed by atoms with Crippen LogP contribution >= 0.6 is 0 Å². The number of hydrogen-bond acceptors (Lipinski definition) is 2. The molecule has 19 heavy (non-hydrogen) atoms. The molecule has 0 saturated carbocycles. The fourth-order valence-corrected chi connectivity index (χ4v) is 2.44. The number of nitrogen functional groups attached to an aromatic ring is 1. The van der Waals surface area contributed by atoms with E-state index in [4.69, 9.17) is 5.73 Å². The van der Waals surface area contributed by atoms with Gasteiger partial charge in [-0.2, -0.15) is 0 Å². The third-order valence-electron chi connectivity index (χ3n) is 3.70. The van der Waals surface area contributed by atoms with E-state index in [1.54, 1.807) is 0 Å². The predicted molar refractivity (Wildman–Crippen MR) is 86.7 cm³/mol. The molecular formula is C17H30N2. The van der Waals surface area contributed by atoms with Gasteiger partial charge in [-0.25, -0.2) is 0 Å². The van der Waals surface area contributed by atoms with E-state index in [0.717, 1.165) is 17.9 Å². The van der Waals surface area contributed by atoms with Gasteiger partial charge in [0.05, 0.1) is 11.4 Å². The van der Waals surface area contributed by atoms with Gasteiger partial charge in [-0.15, -0.1) is 0 Å². The van der Waals surface area contributed by atoms with Gasteiger partial charge in [-0.3, -0.25) is 0 Å². The van der Waals surface area contributed by atoms with E-state index in [1.165, 1.54) is 51.4 Å². The van der Waals surface area contributed by atoms with Crippen LogP contribution in [0.4, 0.5) is 11.4 Å². The fraction of sp³-hybridized carbons (Fsp3) is 0.647. The molecule has 0 atom stereocenters. The molecule has 0 radical (unpaired) electrons. The molecule has 0 aliphatic rings. The first kappa shape index (κ1) is 15.9. The number of para-hydroxylation sites is 2. The molecule has 0 amide bonds. The zero-order valence-electron chi connectivity index (χ0n) is 12.7. The molecule has 0 saturated heterocycles. The molecule has 1 rings (SSSR count). The third kappa shape index (κ3) is 6.51. The van der Waals surface area contributed by atoms with E-state index < -0.39 is 0 Å². The molecule has 1 aromatic carbocycles. The summed E-state index contributed by atoms with van der Waals surface area (Å²) in [5.41, 5.74) is 8.02. The molecule has 0 fully saturated rings. The Balaban J connectivity index is 2.08. The summed E-state index contributed by atoms with van der Waals surface area (Å²) in [5, 5.41) is 0. The standard InChI is InChI=1S/C17H30N2/c1-3-4-5-6-7-8-9-12-15-19(2)17-14-11-10-13-16(17)18/h10-11,13-14H,3-9,12,15,18H2,1-2H3. The van der Waals surface area contributed by atoms with Crippen LogP contribution in [0.25, 0.3) is 0 Å². The molecule has 0 aromatic heterocycles. The molecular weight excluding hydrogens is 232 g/mol. The average molecular weight is 262 g/mol. The molecule has 0 heterocycles. The number of anilines is 2. The average Bonchev–Trinajstić information content (AvgIpc) is 2.42. The first-order chi connectivity index (χ1) is 9.25. The van der Waals surface area contributed by atoms with Crippen molar-refractivity contribution in [3.8, 4) is 0 Å². The lowest BCUT2D eigenvalue weighted by atomic mass is 10.1. The van der Waals surface area contributed by atoms with Crippen LogP contribution in [0.1, 0.15) is 58.3 Å². The van der Waals surface area contributed by atoms with Crippen LogP contribution in [0, 0.1) is 0 Å². The van der Waals surface area contributed by atoms with Gasteiger partial charge >= 0.3 is 0 Å². The number of hydrogen-bond donors (Lipinski definition) is 1. The van der Waals surface area contributed by atoms with Gasteiger partial charge in [0.1, 0.15) is 0 Å². The van der Waals surface area contributed by atoms with Crippen molar-refractivity contribution in [1.82, 2.24) is 0 Å². The first-order valence-electron chi connectivity index (χ1n) is 7.81. The lowest BCUT2D eigenvalue weighted by molar-refractivity contribution is 0.575. The highest BCUT2D eigenvalue weighted by atomic mass is 15.1. The van der Waals surface area contributed by atoms with Crippen molar-refractivity contribution in [2.45, 2.75) is 58.3 Å². The minimum absolute atomic E-state index is 0.879. The van der Waals surface area contributed by atoms with Gasteiger partial charge in [-0.1, -0.05) is 64.0 Å². The molecule has 108 valence electrons. The van der Waals surface area contributed by atoms with Crippen LogP contribution in [-0.4, -0.2) is 13.6 Å². The summed E-state index contributed by atoms with van der Waals surface area (Å²) in [5.74, 6) is 0. The maximum absolute atomic E-state index is 5.98. The highest BCUT2D eigenvalue weighted by Crippen LogP contribution is 2.21. The van der Waals surface area contributed by atoms with Crippen molar-refractivity contribution in [3.63, 3.8) is 0 Å². The van der Waals surface area contributed by atoms with Gasteiger partial charge in [0.15, 0.2) is 0 Å². The van der Waals surface area contributed by atoms with Gasteiger partial charge < -0.3 is 10.6 Å². The Hall–Kier alpha value is -1.18. The van der Waals surface area contributed by atoms with Crippen LogP contribution in [0.15, 0.2) is 24.3 Å². The molecule has 2 nitrogen and oxygen atoms in total. The van der Waals surface area contributed by atoms with Crippen LogP contribution in [0.2, 0.25) is 0 Å². The Morgan fingerprint density at radius 3 is 2.11 bits per heavy atom. The van der Waals surface area contributed by atoms with E-state index >= 15 is 0 Å². The van der Waals surface area contributed by atoms with Crippen molar-refractivity contribution >= 4 is 11.4 Å². The van der Waals surface area contributed by atoms with Crippen LogP contribution in [0.3, 0.4) is 0 Å². The van der Waals surface area contributed by atoms with Gasteiger partial charge in [0.25, 0.3) is 0 Å². The van der Waals surface area contributed by atoms with Crippen molar-refractivity contribution in [3.05, 3.63) is 24.3 Å². The minimum atomic E-state index is 0.879. The molecule has 0 spiro atoms. The van der Waals surface area contributed by atoms with Crippen LogP contribution < -0.4 is 10.6 Å². The fourth-order valence-electron chi connectivity index (χ4n) is 2.44. The topological polar surface area (TPSA) is 29.3 Å². The summed E-state index contributed by atoms with van der Waals surface area (Å²) >= 11 is 0. The normalized spacial score (nSPS) is 10.6. The molecule has 0 bridgehead atoms. The minimum Gasteiger partial charge on any atom is -0.397 e. The summed E-state index contributed by atoms with van der Waals surface area (Å²) in [6, 6.07) is 8.11. The van der Waals surface area contributed by atoms with E-state index in [0.29, 0.717) is 0 Å². The molecule has 0 aliphatic carbocycles.